The van der Waals surface area contributed by atoms with Gasteiger partial charge < -0.3 is 15.0 Å². The molecule has 1 fully saturated rings. The van der Waals surface area contributed by atoms with E-state index in [1.165, 1.54) is 23.8 Å². The summed E-state index contributed by atoms with van der Waals surface area (Å²) in [4.78, 5) is 32.0. The summed E-state index contributed by atoms with van der Waals surface area (Å²) in [7, 11) is 0. The smallest absolute Gasteiger partial charge is 0.252 e. The molecule has 1 atom stereocenters. The van der Waals surface area contributed by atoms with Gasteiger partial charge in [-0.2, -0.15) is 0 Å². The Morgan fingerprint density at radius 2 is 2.03 bits per heavy atom. The Labute approximate surface area is 192 Å². The van der Waals surface area contributed by atoms with Crippen molar-refractivity contribution in [1.29, 1.82) is 0 Å². The van der Waals surface area contributed by atoms with Gasteiger partial charge in [0.1, 0.15) is 11.4 Å². The first-order chi connectivity index (χ1) is 15.8. The van der Waals surface area contributed by atoms with Crippen LogP contribution in [0, 0.1) is 11.7 Å². The molecule has 0 saturated carbocycles. The summed E-state index contributed by atoms with van der Waals surface area (Å²) in [5.74, 6) is -1.07. The monoisotopic (exact) mass is 449 g/mol. The average molecular weight is 450 g/mol. The summed E-state index contributed by atoms with van der Waals surface area (Å²) in [6, 6.07) is 13.6. The Bertz CT molecular complexity index is 1160. The molecule has 0 spiro atoms. The molecule has 2 amide bonds. The summed E-state index contributed by atoms with van der Waals surface area (Å²) in [5.41, 5.74) is 0.196. The molecule has 1 aliphatic heterocycles. The van der Waals surface area contributed by atoms with Crippen molar-refractivity contribution in [3.8, 4) is 0 Å². The summed E-state index contributed by atoms with van der Waals surface area (Å²) in [6.07, 6.45) is 4.40. The highest BCUT2D eigenvalue weighted by atomic mass is 19.1. The first-order valence-electron chi connectivity index (χ1n) is 11.1. The number of halogens is 1. The van der Waals surface area contributed by atoms with Crippen molar-refractivity contribution in [2.45, 2.75) is 25.8 Å². The van der Waals surface area contributed by atoms with Gasteiger partial charge in [-0.15, -0.1) is 0 Å². The van der Waals surface area contributed by atoms with Gasteiger partial charge in [-0.25, -0.2) is 4.39 Å². The van der Waals surface area contributed by atoms with E-state index in [1.807, 2.05) is 18.3 Å². The standard InChI is InChI=1S/C26H28FN3O3/c1-26(2,29-24(31)21-7-4-8-22(27)14-21)25(32)30-11-12-33-17-18(16-30)13-20-6-3-5-19-9-10-28-15-23(19)20/h3-10,14-15,18H,11-13,16-17H2,1-2H3,(H,29,31)/t18-/m0/s1. The van der Waals surface area contributed by atoms with Crippen molar-refractivity contribution in [2.75, 3.05) is 26.3 Å². The number of benzene rings is 2. The summed E-state index contributed by atoms with van der Waals surface area (Å²) in [5, 5.41) is 4.99. The maximum absolute atomic E-state index is 13.5. The number of nitrogens with zero attached hydrogens (tertiary/aromatic N) is 2. The van der Waals surface area contributed by atoms with Crippen LogP contribution in [0.3, 0.4) is 0 Å². The molecule has 1 aromatic heterocycles. The van der Waals surface area contributed by atoms with E-state index in [1.54, 1.807) is 24.9 Å². The fourth-order valence-electron chi connectivity index (χ4n) is 4.29. The normalized spacial score (nSPS) is 16.9. The fourth-order valence-corrected chi connectivity index (χ4v) is 4.29. The lowest BCUT2D eigenvalue weighted by Crippen LogP contribution is -2.57. The lowest BCUT2D eigenvalue weighted by atomic mass is 9.95. The van der Waals surface area contributed by atoms with Crippen molar-refractivity contribution >= 4 is 22.6 Å². The van der Waals surface area contributed by atoms with Crippen LogP contribution in [0.2, 0.25) is 0 Å². The molecular formula is C26H28FN3O3. The maximum Gasteiger partial charge on any atom is 0.252 e. The van der Waals surface area contributed by atoms with Gasteiger partial charge in [0, 0.05) is 42.4 Å². The molecule has 4 rings (SSSR count). The number of carbonyl (C=O) groups excluding carboxylic acids is 2. The summed E-state index contributed by atoms with van der Waals surface area (Å²) in [6.45, 7) is 5.30. The van der Waals surface area contributed by atoms with Crippen molar-refractivity contribution in [1.82, 2.24) is 15.2 Å². The van der Waals surface area contributed by atoms with Crippen LogP contribution >= 0.6 is 0 Å². The molecule has 2 aromatic carbocycles. The van der Waals surface area contributed by atoms with E-state index in [4.69, 9.17) is 4.74 Å². The van der Waals surface area contributed by atoms with Crippen molar-refractivity contribution in [3.63, 3.8) is 0 Å². The molecule has 7 heteroatoms. The third kappa shape index (κ3) is 5.37. The van der Waals surface area contributed by atoms with Gasteiger partial charge in [0.25, 0.3) is 5.91 Å². The third-order valence-corrected chi connectivity index (χ3v) is 5.95. The Morgan fingerprint density at radius 1 is 1.21 bits per heavy atom. The molecule has 0 radical (unpaired) electrons. The van der Waals surface area contributed by atoms with E-state index in [2.05, 4.69) is 22.4 Å². The molecule has 0 unspecified atom stereocenters. The average Bonchev–Trinajstić information content (AvgIpc) is 3.04. The van der Waals surface area contributed by atoms with E-state index in [0.29, 0.717) is 26.3 Å². The van der Waals surface area contributed by atoms with Crippen LogP contribution < -0.4 is 5.32 Å². The molecular weight excluding hydrogens is 421 g/mol. The zero-order chi connectivity index (χ0) is 23.4. The number of hydrogen-bond donors (Lipinski definition) is 1. The largest absolute Gasteiger partial charge is 0.379 e. The van der Waals surface area contributed by atoms with Gasteiger partial charge in [-0.3, -0.25) is 14.6 Å². The highest BCUT2D eigenvalue weighted by Gasteiger charge is 2.35. The molecule has 1 saturated heterocycles. The first kappa shape index (κ1) is 22.9. The van der Waals surface area contributed by atoms with E-state index < -0.39 is 17.3 Å². The van der Waals surface area contributed by atoms with Gasteiger partial charge >= 0.3 is 0 Å². The van der Waals surface area contributed by atoms with Crippen molar-refractivity contribution < 1.29 is 18.7 Å². The second-order valence-corrected chi connectivity index (χ2v) is 9.00. The molecule has 1 aliphatic rings. The molecule has 172 valence electrons. The minimum Gasteiger partial charge on any atom is -0.379 e. The highest BCUT2D eigenvalue weighted by Crippen LogP contribution is 2.23. The van der Waals surface area contributed by atoms with E-state index in [-0.39, 0.29) is 17.4 Å². The number of ether oxygens (including phenoxy) is 1. The number of hydrogen-bond acceptors (Lipinski definition) is 4. The minimum absolute atomic E-state index is 0.108. The van der Waals surface area contributed by atoms with Crippen molar-refractivity contribution in [3.05, 3.63) is 77.9 Å². The van der Waals surface area contributed by atoms with Gasteiger partial charge in [0.2, 0.25) is 5.91 Å². The predicted octanol–water partition coefficient (Wildman–Crippen LogP) is 3.60. The van der Waals surface area contributed by atoms with E-state index >= 15 is 0 Å². The van der Waals surface area contributed by atoms with Crippen LogP contribution in [0.1, 0.15) is 29.8 Å². The number of fused-ring (bicyclic) bond motifs is 1. The van der Waals surface area contributed by atoms with Crippen LogP contribution in [0.25, 0.3) is 10.8 Å². The van der Waals surface area contributed by atoms with Gasteiger partial charge in [-0.05, 0) is 55.5 Å². The number of rotatable bonds is 5. The second-order valence-electron chi connectivity index (χ2n) is 9.00. The molecule has 1 N–H and O–H groups in total. The fraction of sp³-hybridized carbons (Fsp3) is 0.346. The number of nitrogens with one attached hydrogen (secondary N) is 1. The van der Waals surface area contributed by atoms with Gasteiger partial charge in [0.15, 0.2) is 0 Å². The van der Waals surface area contributed by atoms with Crippen LogP contribution in [0.15, 0.2) is 60.9 Å². The topological polar surface area (TPSA) is 71.5 Å². The maximum atomic E-state index is 13.5. The van der Waals surface area contributed by atoms with Gasteiger partial charge in [0.05, 0.1) is 13.2 Å². The Morgan fingerprint density at radius 3 is 2.85 bits per heavy atom. The highest BCUT2D eigenvalue weighted by molar-refractivity contribution is 5.99. The Kier molecular flexibility index (Phi) is 6.70. The van der Waals surface area contributed by atoms with Gasteiger partial charge in [-0.1, -0.05) is 24.3 Å². The third-order valence-electron chi connectivity index (χ3n) is 5.95. The van der Waals surface area contributed by atoms with E-state index in [0.717, 1.165) is 23.3 Å². The summed E-state index contributed by atoms with van der Waals surface area (Å²) >= 11 is 0. The van der Waals surface area contributed by atoms with Crippen molar-refractivity contribution in [2.24, 2.45) is 5.92 Å². The first-order valence-corrected chi connectivity index (χ1v) is 11.1. The molecule has 0 aliphatic carbocycles. The van der Waals surface area contributed by atoms with E-state index in [9.17, 15) is 14.0 Å². The molecule has 33 heavy (non-hydrogen) atoms. The zero-order valence-electron chi connectivity index (χ0n) is 18.9. The number of pyridine rings is 1. The Balaban J connectivity index is 1.47. The van der Waals surface area contributed by atoms with Crippen LogP contribution in [0.5, 0.6) is 0 Å². The lowest BCUT2D eigenvalue weighted by Gasteiger charge is -2.33. The molecule has 6 nitrogen and oxygen atoms in total. The molecule has 2 heterocycles. The lowest BCUT2D eigenvalue weighted by molar-refractivity contribution is -0.137. The second kappa shape index (κ2) is 9.67. The SMILES string of the molecule is CC(C)(NC(=O)c1cccc(F)c1)C(=O)N1CCOC[C@@H](Cc2cccc3ccncc23)C1. The molecule has 0 bridgehead atoms. The number of carbonyl (C=O) groups is 2. The van der Waals surface area contributed by atoms with Crippen LogP contribution in [-0.4, -0.2) is 53.5 Å². The number of aromatic nitrogens is 1. The molecule has 3 aromatic rings. The number of amides is 2. The van der Waals surface area contributed by atoms with Crippen LogP contribution in [-0.2, 0) is 16.0 Å². The quantitative estimate of drug-likeness (QED) is 0.646. The minimum atomic E-state index is -1.15. The summed E-state index contributed by atoms with van der Waals surface area (Å²) < 4.78 is 19.3. The predicted molar refractivity (Wildman–Crippen MR) is 124 cm³/mol. The van der Waals surface area contributed by atoms with Crippen LogP contribution in [0.4, 0.5) is 4.39 Å². The Hall–Kier alpha value is -3.32. The zero-order valence-corrected chi connectivity index (χ0v) is 18.9.